The van der Waals surface area contributed by atoms with Gasteiger partial charge in [0.15, 0.2) is 5.92 Å². The summed E-state index contributed by atoms with van der Waals surface area (Å²) in [6.07, 6.45) is -1.59. The van der Waals surface area contributed by atoms with Gasteiger partial charge in [0.1, 0.15) is 11.9 Å². The molecule has 1 rings (SSSR count). The maximum absolute atomic E-state index is 13.4. The van der Waals surface area contributed by atoms with Gasteiger partial charge in [0.25, 0.3) is 0 Å². The van der Waals surface area contributed by atoms with Gasteiger partial charge in [-0.25, -0.2) is 4.39 Å². The monoisotopic (exact) mass is 318 g/mol. The molecule has 0 heterocycles. The Bertz CT molecular complexity index is 502. The lowest BCUT2D eigenvalue weighted by molar-refractivity contribution is -0.167. The lowest BCUT2D eigenvalue weighted by atomic mass is 9.95. The van der Waals surface area contributed by atoms with Crippen LogP contribution in [0.2, 0.25) is 5.02 Å². The molecule has 1 N–H and O–H groups in total. The van der Waals surface area contributed by atoms with Crippen molar-refractivity contribution in [3.8, 4) is 0 Å². The summed E-state index contributed by atoms with van der Waals surface area (Å²) >= 11 is 5.55. The Morgan fingerprint density at radius 1 is 1.24 bits per heavy atom. The van der Waals surface area contributed by atoms with Crippen LogP contribution >= 0.6 is 11.6 Å². The summed E-state index contributed by atoms with van der Waals surface area (Å²) in [6.45, 7) is 3.20. The SMILES string of the molecule is CCOC(=O)C(C(=O)OCC)C(O)c1ccc(Cl)c(F)c1. The van der Waals surface area contributed by atoms with E-state index in [0.29, 0.717) is 0 Å². The lowest BCUT2D eigenvalue weighted by Crippen LogP contribution is -2.33. The topological polar surface area (TPSA) is 72.8 Å². The Balaban J connectivity index is 3.08. The first-order valence-corrected chi connectivity index (χ1v) is 6.76. The molecule has 7 heteroatoms. The summed E-state index contributed by atoms with van der Waals surface area (Å²) in [4.78, 5) is 23.6. The molecule has 0 saturated heterocycles. The Labute approximate surface area is 126 Å². The standard InChI is InChI=1S/C14H16ClFO5/c1-3-20-13(18)11(14(19)21-4-2)12(17)8-5-6-9(15)10(16)7-8/h5-7,11-12,17H,3-4H2,1-2H3. The Kier molecular flexibility index (Phi) is 6.58. The summed E-state index contributed by atoms with van der Waals surface area (Å²) in [5, 5.41) is 10.0. The average Bonchev–Trinajstić information content (AvgIpc) is 2.42. The van der Waals surface area contributed by atoms with Gasteiger partial charge in [0.2, 0.25) is 0 Å². The van der Waals surface area contributed by atoms with Gasteiger partial charge >= 0.3 is 11.9 Å². The molecule has 0 spiro atoms. The zero-order valence-electron chi connectivity index (χ0n) is 11.6. The van der Waals surface area contributed by atoms with Gasteiger partial charge in [-0.15, -0.1) is 0 Å². The second kappa shape index (κ2) is 7.95. The molecule has 0 aliphatic carbocycles. The molecule has 0 aromatic heterocycles. The van der Waals surface area contributed by atoms with E-state index >= 15 is 0 Å². The quantitative estimate of drug-likeness (QED) is 0.643. The van der Waals surface area contributed by atoms with E-state index in [1.807, 2.05) is 0 Å². The third-order valence-electron chi connectivity index (χ3n) is 2.68. The molecule has 0 bridgehead atoms. The minimum absolute atomic E-state index is 0.0306. The summed E-state index contributed by atoms with van der Waals surface area (Å²) in [6, 6.07) is 3.50. The van der Waals surface area contributed by atoms with Crippen LogP contribution in [0, 0.1) is 11.7 Å². The summed E-state index contributed by atoms with van der Waals surface area (Å²) < 4.78 is 22.9. The van der Waals surface area contributed by atoms with Gasteiger partial charge in [-0.3, -0.25) is 9.59 Å². The van der Waals surface area contributed by atoms with Crippen LogP contribution in [0.3, 0.4) is 0 Å². The smallest absolute Gasteiger partial charge is 0.323 e. The maximum Gasteiger partial charge on any atom is 0.323 e. The second-order valence-electron chi connectivity index (χ2n) is 4.10. The van der Waals surface area contributed by atoms with E-state index in [-0.39, 0.29) is 23.8 Å². The van der Waals surface area contributed by atoms with Crippen LogP contribution in [0.25, 0.3) is 0 Å². The highest BCUT2D eigenvalue weighted by Gasteiger charge is 2.37. The van der Waals surface area contributed by atoms with Crippen molar-refractivity contribution in [3.05, 3.63) is 34.6 Å². The zero-order chi connectivity index (χ0) is 16.0. The minimum atomic E-state index is -1.59. The van der Waals surface area contributed by atoms with Crippen LogP contribution in [0.1, 0.15) is 25.5 Å². The van der Waals surface area contributed by atoms with E-state index in [2.05, 4.69) is 0 Å². The van der Waals surface area contributed by atoms with E-state index in [9.17, 15) is 19.1 Å². The first kappa shape index (κ1) is 17.4. The molecule has 0 radical (unpaired) electrons. The zero-order valence-corrected chi connectivity index (χ0v) is 12.4. The minimum Gasteiger partial charge on any atom is -0.465 e. The number of esters is 2. The van der Waals surface area contributed by atoms with E-state index in [0.717, 1.165) is 6.07 Å². The third-order valence-corrected chi connectivity index (χ3v) is 2.99. The number of hydrogen-bond donors (Lipinski definition) is 1. The Morgan fingerprint density at radius 3 is 2.19 bits per heavy atom. The van der Waals surface area contributed by atoms with E-state index in [1.165, 1.54) is 12.1 Å². The maximum atomic E-state index is 13.4. The van der Waals surface area contributed by atoms with Crippen LogP contribution in [-0.4, -0.2) is 30.3 Å². The van der Waals surface area contributed by atoms with Crippen molar-refractivity contribution in [1.29, 1.82) is 0 Å². The number of aliphatic hydroxyl groups is 1. The van der Waals surface area contributed by atoms with Crippen LogP contribution in [-0.2, 0) is 19.1 Å². The van der Waals surface area contributed by atoms with Crippen molar-refractivity contribution in [2.45, 2.75) is 20.0 Å². The molecular weight excluding hydrogens is 303 g/mol. The highest BCUT2D eigenvalue weighted by molar-refractivity contribution is 6.30. The van der Waals surface area contributed by atoms with Gasteiger partial charge in [-0.05, 0) is 31.5 Å². The van der Waals surface area contributed by atoms with Gasteiger partial charge in [0.05, 0.1) is 18.2 Å². The van der Waals surface area contributed by atoms with Crippen molar-refractivity contribution in [3.63, 3.8) is 0 Å². The van der Waals surface area contributed by atoms with Crippen molar-refractivity contribution in [1.82, 2.24) is 0 Å². The summed E-state index contributed by atoms with van der Waals surface area (Å²) in [5.41, 5.74) is 0.0306. The number of halogens is 2. The number of rotatable bonds is 6. The molecule has 0 fully saturated rings. The Morgan fingerprint density at radius 2 is 1.76 bits per heavy atom. The number of aliphatic hydroxyl groups excluding tert-OH is 1. The molecule has 1 aromatic carbocycles. The van der Waals surface area contributed by atoms with Crippen LogP contribution < -0.4 is 0 Å². The predicted octanol–water partition coefficient (Wildman–Crippen LogP) is 2.25. The van der Waals surface area contributed by atoms with Gasteiger partial charge in [-0.2, -0.15) is 0 Å². The predicted molar refractivity (Wildman–Crippen MR) is 73.1 cm³/mol. The number of ether oxygens (including phenoxy) is 2. The fraction of sp³-hybridized carbons (Fsp3) is 0.429. The third kappa shape index (κ3) is 4.41. The molecule has 1 atom stereocenters. The summed E-state index contributed by atoms with van der Waals surface area (Å²) in [7, 11) is 0. The molecule has 0 aliphatic rings. The summed E-state index contributed by atoms with van der Waals surface area (Å²) in [5.74, 6) is -4.21. The average molecular weight is 319 g/mol. The van der Waals surface area contributed by atoms with Crippen molar-refractivity contribution >= 4 is 23.5 Å². The molecule has 5 nitrogen and oxygen atoms in total. The molecule has 0 saturated carbocycles. The van der Waals surface area contributed by atoms with E-state index < -0.39 is 29.8 Å². The largest absolute Gasteiger partial charge is 0.465 e. The number of benzene rings is 1. The number of hydrogen-bond acceptors (Lipinski definition) is 5. The lowest BCUT2D eigenvalue weighted by Gasteiger charge is -2.20. The molecule has 1 aromatic rings. The first-order chi connectivity index (χ1) is 9.92. The fourth-order valence-corrected chi connectivity index (χ4v) is 1.82. The molecule has 21 heavy (non-hydrogen) atoms. The molecule has 0 amide bonds. The highest BCUT2D eigenvalue weighted by atomic mass is 35.5. The number of carbonyl (C=O) groups is 2. The Hall–Kier alpha value is -1.66. The van der Waals surface area contributed by atoms with E-state index in [4.69, 9.17) is 21.1 Å². The van der Waals surface area contributed by atoms with Gasteiger partial charge < -0.3 is 14.6 Å². The molecule has 1 unspecified atom stereocenters. The van der Waals surface area contributed by atoms with Crippen LogP contribution in [0.5, 0.6) is 0 Å². The van der Waals surface area contributed by atoms with Gasteiger partial charge in [0, 0.05) is 0 Å². The van der Waals surface area contributed by atoms with E-state index in [1.54, 1.807) is 13.8 Å². The van der Waals surface area contributed by atoms with Gasteiger partial charge in [-0.1, -0.05) is 17.7 Å². The van der Waals surface area contributed by atoms with Crippen molar-refractivity contribution in [2.75, 3.05) is 13.2 Å². The fourth-order valence-electron chi connectivity index (χ4n) is 1.71. The number of carbonyl (C=O) groups excluding carboxylic acids is 2. The van der Waals surface area contributed by atoms with Crippen molar-refractivity contribution < 1.29 is 28.6 Å². The van der Waals surface area contributed by atoms with Crippen LogP contribution in [0.15, 0.2) is 18.2 Å². The van der Waals surface area contributed by atoms with Crippen molar-refractivity contribution in [2.24, 2.45) is 5.92 Å². The highest BCUT2D eigenvalue weighted by Crippen LogP contribution is 2.27. The van der Waals surface area contributed by atoms with Crippen LogP contribution in [0.4, 0.5) is 4.39 Å². The normalized spacial score (nSPS) is 12.1. The molecular formula is C14H16ClFO5. The second-order valence-corrected chi connectivity index (χ2v) is 4.51. The molecule has 116 valence electrons. The molecule has 0 aliphatic heterocycles. The first-order valence-electron chi connectivity index (χ1n) is 6.38.